The van der Waals surface area contributed by atoms with E-state index in [2.05, 4.69) is 9.97 Å². The van der Waals surface area contributed by atoms with Crippen LogP contribution in [0.2, 0.25) is 0 Å². The van der Waals surface area contributed by atoms with E-state index in [1.807, 2.05) is 4.90 Å². The standard InChI is InChI=1S/C10H16N4O2S/c11-6-9-7-13-10(8-12-9)14-2-1-4-17(15,16)5-3-14/h7-8H,1-6,11H2. The first-order valence-corrected chi connectivity index (χ1v) is 7.39. The van der Waals surface area contributed by atoms with Crippen molar-refractivity contribution in [3.8, 4) is 0 Å². The smallest absolute Gasteiger partial charge is 0.152 e. The highest BCUT2D eigenvalue weighted by molar-refractivity contribution is 7.91. The maximum atomic E-state index is 11.5. The number of hydrogen-bond donors (Lipinski definition) is 1. The van der Waals surface area contributed by atoms with Gasteiger partial charge in [0.2, 0.25) is 0 Å². The summed E-state index contributed by atoms with van der Waals surface area (Å²) in [7, 11) is -2.88. The number of nitrogens with two attached hydrogens (primary N) is 1. The Kier molecular flexibility index (Phi) is 3.58. The number of anilines is 1. The lowest BCUT2D eigenvalue weighted by Gasteiger charge is -2.20. The highest BCUT2D eigenvalue weighted by Gasteiger charge is 2.19. The molecule has 7 heteroatoms. The zero-order valence-electron chi connectivity index (χ0n) is 9.54. The second-order valence-electron chi connectivity index (χ2n) is 4.06. The van der Waals surface area contributed by atoms with Crippen LogP contribution in [-0.2, 0) is 16.4 Å². The van der Waals surface area contributed by atoms with E-state index >= 15 is 0 Å². The molecule has 1 aromatic rings. The van der Waals surface area contributed by atoms with Crippen molar-refractivity contribution in [2.75, 3.05) is 29.5 Å². The molecule has 0 atom stereocenters. The molecular formula is C10H16N4O2S. The first-order valence-electron chi connectivity index (χ1n) is 5.57. The monoisotopic (exact) mass is 256 g/mol. The van der Waals surface area contributed by atoms with Crippen molar-refractivity contribution in [2.45, 2.75) is 13.0 Å². The second kappa shape index (κ2) is 4.97. The zero-order chi connectivity index (χ0) is 12.3. The number of rotatable bonds is 2. The molecule has 0 spiro atoms. The Balaban J connectivity index is 2.11. The van der Waals surface area contributed by atoms with Gasteiger partial charge in [-0.1, -0.05) is 0 Å². The molecule has 1 aromatic heterocycles. The largest absolute Gasteiger partial charge is 0.354 e. The third-order valence-electron chi connectivity index (χ3n) is 2.78. The Morgan fingerprint density at radius 3 is 2.71 bits per heavy atom. The second-order valence-corrected chi connectivity index (χ2v) is 6.37. The van der Waals surface area contributed by atoms with Crippen LogP contribution in [0.1, 0.15) is 12.1 Å². The summed E-state index contributed by atoms with van der Waals surface area (Å²) >= 11 is 0. The summed E-state index contributed by atoms with van der Waals surface area (Å²) in [5.41, 5.74) is 6.18. The van der Waals surface area contributed by atoms with Crippen LogP contribution in [0.5, 0.6) is 0 Å². The Bertz CT molecular complexity index is 472. The molecule has 0 bridgehead atoms. The lowest BCUT2D eigenvalue weighted by atomic mass is 10.4. The molecule has 0 unspecified atom stereocenters. The zero-order valence-corrected chi connectivity index (χ0v) is 10.4. The predicted octanol–water partition coefficient (Wildman–Crippen LogP) is -0.440. The van der Waals surface area contributed by atoms with Gasteiger partial charge in [-0.15, -0.1) is 0 Å². The van der Waals surface area contributed by atoms with Crippen molar-refractivity contribution < 1.29 is 8.42 Å². The Morgan fingerprint density at radius 1 is 1.24 bits per heavy atom. The van der Waals surface area contributed by atoms with E-state index in [1.54, 1.807) is 12.4 Å². The van der Waals surface area contributed by atoms with Crippen LogP contribution < -0.4 is 10.6 Å². The fourth-order valence-corrected chi connectivity index (χ4v) is 3.06. The van der Waals surface area contributed by atoms with Gasteiger partial charge in [-0.2, -0.15) is 0 Å². The predicted molar refractivity (Wildman–Crippen MR) is 65.4 cm³/mol. The van der Waals surface area contributed by atoms with Gasteiger partial charge in [0.05, 0.1) is 29.6 Å². The molecule has 1 aliphatic rings. The van der Waals surface area contributed by atoms with Gasteiger partial charge >= 0.3 is 0 Å². The average molecular weight is 256 g/mol. The molecule has 0 amide bonds. The Hall–Kier alpha value is -1.21. The first-order chi connectivity index (χ1) is 8.11. The Labute approximate surface area is 101 Å². The molecule has 2 heterocycles. The van der Waals surface area contributed by atoms with Crippen LogP contribution >= 0.6 is 0 Å². The van der Waals surface area contributed by atoms with Gasteiger partial charge in [-0.3, -0.25) is 4.98 Å². The lowest BCUT2D eigenvalue weighted by molar-refractivity contribution is 0.597. The number of sulfone groups is 1. The third kappa shape index (κ3) is 3.13. The minimum absolute atomic E-state index is 0.188. The summed E-state index contributed by atoms with van der Waals surface area (Å²) in [4.78, 5) is 10.4. The Morgan fingerprint density at radius 2 is 2.06 bits per heavy atom. The van der Waals surface area contributed by atoms with E-state index < -0.39 is 9.84 Å². The number of hydrogen-bond acceptors (Lipinski definition) is 6. The lowest BCUT2D eigenvalue weighted by Crippen LogP contribution is -2.27. The summed E-state index contributed by atoms with van der Waals surface area (Å²) in [6.07, 6.45) is 3.93. The van der Waals surface area contributed by atoms with Crippen LogP contribution in [-0.4, -0.2) is 43.0 Å². The number of nitrogens with zero attached hydrogens (tertiary/aromatic N) is 3. The summed E-state index contributed by atoms with van der Waals surface area (Å²) in [6, 6.07) is 0. The van der Waals surface area contributed by atoms with Crippen LogP contribution in [0.4, 0.5) is 5.82 Å². The molecule has 1 aliphatic heterocycles. The van der Waals surface area contributed by atoms with E-state index in [0.29, 0.717) is 26.1 Å². The van der Waals surface area contributed by atoms with Crippen molar-refractivity contribution in [2.24, 2.45) is 5.73 Å². The fraction of sp³-hybridized carbons (Fsp3) is 0.600. The van der Waals surface area contributed by atoms with Crippen LogP contribution in [0.15, 0.2) is 12.4 Å². The maximum absolute atomic E-state index is 11.5. The van der Waals surface area contributed by atoms with E-state index in [-0.39, 0.29) is 11.5 Å². The van der Waals surface area contributed by atoms with Crippen LogP contribution in [0, 0.1) is 0 Å². The highest BCUT2D eigenvalue weighted by atomic mass is 32.2. The normalized spacial score (nSPS) is 19.9. The SMILES string of the molecule is NCc1cnc(N2CCCS(=O)(=O)CC2)cn1. The van der Waals surface area contributed by atoms with Crippen molar-refractivity contribution in [3.05, 3.63) is 18.1 Å². The summed E-state index contributed by atoms with van der Waals surface area (Å²) < 4.78 is 22.9. The van der Waals surface area contributed by atoms with Crippen molar-refractivity contribution in [1.29, 1.82) is 0 Å². The topological polar surface area (TPSA) is 89.2 Å². The van der Waals surface area contributed by atoms with Crippen LogP contribution in [0.3, 0.4) is 0 Å². The first kappa shape index (κ1) is 12.3. The molecule has 0 saturated carbocycles. The molecule has 17 heavy (non-hydrogen) atoms. The van der Waals surface area contributed by atoms with E-state index in [4.69, 9.17) is 5.73 Å². The van der Waals surface area contributed by atoms with Gasteiger partial charge in [-0.25, -0.2) is 13.4 Å². The molecule has 0 aliphatic carbocycles. The molecule has 2 N–H and O–H groups in total. The average Bonchev–Trinajstić information content (AvgIpc) is 2.50. The third-order valence-corrected chi connectivity index (χ3v) is 4.50. The molecule has 1 saturated heterocycles. The van der Waals surface area contributed by atoms with Gasteiger partial charge in [0.15, 0.2) is 9.84 Å². The van der Waals surface area contributed by atoms with Crippen molar-refractivity contribution in [1.82, 2.24) is 9.97 Å². The molecular weight excluding hydrogens is 240 g/mol. The molecule has 94 valence electrons. The molecule has 0 aromatic carbocycles. The maximum Gasteiger partial charge on any atom is 0.152 e. The van der Waals surface area contributed by atoms with Gasteiger partial charge < -0.3 is 10.6 Å². The summed E-state index contributed by atoms with van der Waals surface area (Å²) in [5, 5.41) is 0. The van der Waals surface area contributed by atoms with Crippen molar-refractivity contribution in [3.63, 3.8) is 0 Å². The van der Waals surface area contributed by atoms with Crippen molar-refractivity contribution >= 4 is 15.7 Å². The summed E-state index contributed by atoms with van der Waals surface area (Å²) in [5.74, 6) is 1.17. The van der Waals surface area contributed by atoms with E-state index in [0.717, 1.165) is 11.5 Å². The minimum atomic E-state index is -2.88. The van der Waals surface area contributed by atoms with Gasteiger partial charge in [0.25, 0.3) is 0 Å². The molecule has 2 rings (SSSR count). The molecule has 0 radical (unpaired) electrons. The number of aromatic nitrogens is 2. The van der Waals surface area contributed by atoms with Crippen LogP contribution in [0.25, 0.3) is 0 Å². The van der Waals surface area contributed by atoms with Gasteiger partial charge in [-0.05, 0) is 6.42 Å². The summed E-state index contributed by atoms with van der Waals surface area (Å²) in [6.45, 7) is 1.55. The molecule has 1 fully saturated rings. The minimum Gasteiger partial charge on any atom is -0.354 e. The fourth-order valence-electron chi connectivity index (χ4n) is 1.78. The highest BCUT2D eigenvalue weighted by Crippen LogP contribution is 2.13. The van der Waals surface area contributed by atoms with E-state index in [9.17, 15) is 8.42 Å². The van der Waals surface area contributed by atoms with E-state index in [1.165, 1.54) is 0 Å². The quantitative estimate of drug-likeness (QED) is 0.771. The van der Waals surface area contributed by atoms with Gasteiger partial charge in [0, 0.05) is 19.6 Å². The van der Waals surface area contributed by atoms with Gasteiger partial charge in [0.1, 0.15) is 5.82 Å². The molecule has 6 nitrogen and oxygen atoms in total.